The fourth-order valence-electron chi connectivity index (χ4n) is 3.03. The molecule has 2 aromatic rings. The molecule has 24 heavy (non-hydrogen) atoms. The molecule has 0 bridgehead atoms. The second-order valence-corrected chi connectivity index (χ2v) is 7.16. The third-order valence-electron chi connectivity index (χ3n) is 4.20. The average molecular weight is 348 g/mol. The summed E-state index contributed by atoms with van der Waals surface area (Å²) in [5, 5.41) is 3.34. The number of H-pyrrole nitrogens is 1. The van der Waals surface area contributed by atoms with Crippen LogP contribution in [-0.2, 0) is 24.2 Å². The third-order valence-corrected chi connectivity index (χ3v) is 5.23. The Balaban J connectivity index is 1.65. The van der Waals surface area contributed by atoms with Crippen molar-refractivity contribution >= 4 is 22.4 Å². The summed E-state index contributed by atoms with van der Waals surface area (Å²) < 4.78 is 1.15. The van der Waals surface area contributed by atoms with Gasteiger partial charge in [0.1, 0.15) is 6.54 Å². The molecule has 3 rings (SSSR count). The normalized spacial score (nSPS) is 16.6. The lowest BCUT2D eigenvalue weighted by Crippen LogP contribution is -2.32. The summed E-state index contributed by atoms with van der Waals surface area (Å²) in [7, 11) is 0. The van der Waals surface area contributed by atoms with E-state index in [-0.39, 0.29) is 12.5 Å². The van der Waals surface area contributed by atoms with Crippen LogP contribution in [0.5, 0.6) is 0 Å². The van der Waals surface area contributed by atoms with Gasteiger partial charge in [-0.25, -0.2) is 9.78 Å². The topological polar surface area (TPSA) is 96.8 Å². The van der Waals surface area contributed by atoms with Gasteiger partial charge in [0.2, 0.25) is 5.91 Å². The van der Waals surface area contributed by atoms with Crippen molar-refractivity contribution < 1.29 is 4.79 Å². The molecule has 1 amide bonds. The molecule has 128 valence electrons. The number of aromatic nitrogens is 3. The van der Waals surface area contributed by atoms with Crippen molar-refractivity contribution in [3.8, 4) is 0 Å². The average Bonchev–Trinajstić information content (AvgIpc) is 2.92. The number of hydrogen-bond acceptors (Lipinski definition) is 5. The zero-order valence-corrected chi connectivity index (χ0v) is 14.3. The van der Waals surface area contributed by atoms with Crippen LogP contribution >= 0.6 is 11.3 Å². The van der Waals surface area contributed by atoms with Gasteiger partial charge in [-0.05, 0) is 25.2 Å². The predicted molar refractivity (Wildman–Crippen MR) is 92.5 cm³/mol. The lowest BCUT2D eigenvalue weighted by atomic mass is 9.88. The minimum Gasteiger partial charge on any atom is -0.300 e. The van der Waals surface area contributed by atoms with Gasteiger partial charge in [0.15, 0.2) is 5.13 Å². The number of hydrogen-bond donors (Lipinski definition) is 2. The first-order chi connectivity index (χ1) is 11.5. The maximum atomic E-state index is 12.1. The molecule has 8 heteroatoms. The van der Waals surface area contributed by atoms with Crippen LogP contribution in [0, 0.1) is 5.92 Å². The molecule has 0 spiro atoms. The highest BCUT2D eigenvalue weighted by atomic mass is 32.1. The first kappa shape index (κ1) is 16.6. The second kappa shape index (κ2) is 7.12. The van der Waals surface area contributed by atoms with Gasteiger partial charge in [-0.15, -0.1) is 11.3 Å². The molecule has 1 atom stereocenters. The predicted octanol–water partition coefficient (Wildman–Crippen LogP) is 1.54. The number of fused-ring (bicyclic) bond motifs is 1. The minimum atomic E-state index is -0.599. The maximum Gasteiger partial charge on any atom is 0.328 e. The Kier molecular flexibility index (Phi) is 4.94. The van der Waals surface area contributed by atoms with Crippen molar-refractivity contribution in [2.24, 2.45) is 5.92 Å². The highest BCUT2D eigenvalue weighted by molar-refractivity contribution is 7.15. The van der Waals surface area contributed by atoms with Crippen LogP contribution < -0.4 is 16.6 Å². The Morgan fingerprint density at radius 2 is 2.33 bits per heavy atom. The van der Waals surface area contributed by atoms with E-state index in [2.05, 4.69) is 22.2 Å². The first-order valence-corrected chi connectivity index (χ1v) is 8.95. The Morgan fingerprint density at radius 1 is 1.50 bits per heavy atom. The van der Waals surface area contributed by atoms with E-state index in [1.807, 2.05) is 0 Å². The smallest absolute Gasteiger partial charge is 0.300 e. The molecule has 7 nitrogen and oxygen atoms in total. The lowest BCUT2D eigenvalue weighted by Gasteiger charge is -2.19. The fourth-order valence-corrected chi connectivity index (χ4v) is 4.17. The number of thiazole rings is 1. The minimum absolute atomic E-state index is 0.154. The Morgan fingerprint density at radius 3 is 3.08 bits per heavy atom. The molecule has 0 saturated carbocycles. The van der Waals surface area contributed by atoms with Gasteiger partial charge in [-0.3, -0.25) is 19.1 Å². The van der Waals surface area contributed by atoms with Gasteiger partial charge in [-0.1, -0.05) is 19.8 Å². The second-order valence-electron chi connectivity index (χ2n) is 6.07. The molecular weight excluding hydrogens is 328 g/mol. The van der Waals surface area contributed by atoms with Crippen LogP contribution in [0.1, 0.15) is 36.8 Å². The molecule has 0 aliphatic heterocycles. The Hall–Kier alpha value is -2.22. The number of nitrogens with zero attached hydrogens (tertiary/aromatic N) is 2. The van der Waals surface area contributed by atoms with E-state index in [4.69, 9.17) is 0 Å². The van der Waals surface area contributed by atoms with E-state index in [0.29, 0.717) is 11.0 Å². The zero-order chi connectivity index (χ0) is 17.1. The van der Waals surface area contributed by atoms with Gasteiger partial charge in [0.25, 0.3) is 5.56 Å². The van der Waals surface area contributed by atoms with E-state index in [1.54, 1.807) is 0 Å². The van der Waals surface area contributed by atoms with Gasteiger partial charge >= 0.3 is 5.69 Å². The summed E-state index contributed by atoms with van der Waals surface area (Å²) in [5.74, 6) is 0.381. The van der Waals surface area contributed by atoms with Crippen LogP contribution in [0.3, 0.4) is 0 Å². The molecule has 2 aromatic heterocycles. The summed E-state index contributed by atoms with van der Waals surface area (Å²) >= 11 is 1.52. The molecule has 2 heterocycles. The van der Waals surface area contributed by atoms with Crippen molar-refractivity contribution in [3.05, 3.63) is 43.7 Å². The molecule has 0 saturated heterocycles. The molecule has 0 fully saturated rings. The number of aryl methyl sites for hydroxylation is 1. The number of aromatic amines is 1. The quantitative estimate of drug-likeness (QED) is 0.856. The molecular formula is C16H20N4O3S. The summed E-state index contributed by atoms with van der Waals surface area (Å²) in [6.45, 7) is 2.05. The van der Waals surface area contributed by atoms with Crippen LogP contribution in [0.4, 0.5) is 5.13 Å². The summed E-state index contributed by atoms with van der Waals surface area (Å²) in [5.41, 5.74) is 0.00763. The first-order valence-electron chi connectivity index (χ1n) is 8.13. The number of amides is 1. The monoisotopic (exact) mass is 348 g/mol. The molecule has 2 N–H and O–H groups in total. The van der Waals surface area contributed by atoms with Gasteiger partial charge in [0, 0.05) is 17.1 Å². The summed E-state index contributed by atoms with van der Waals surface area (Å²) in [6.07, 6.45) is 6.89. The third kappa shape index (κ3) is 3.81. The van der Waals surface area contributed by atoms with Crippen molar-refractivity contribution in [2.45, 2.75) is 45.6 Å². The molecule has 0 radical (unpaired) electrons. The van der Waals surface area contributed by atoms with Gasteiger partial charge in [0.05, 0.1) is 5.69 Å². The van der Waals surface area contributed by atoms with Crippen molar-refractivity contribution in [2.75, 3.05) is 5.32 Å². The number of anilines is 1. The largest absolute Gasteiger partial charge is 0.328 e. The van der Waals surface area contributed by atoms with Crippen LogP contribution in [0.25, 0.3) is 0 Å². The van der Waals surface area contributed by atoms with Crippen LogP contribution in [-0.4, -0.2) is 20.4 Å². The van der Waals surface area contributed by atoms with Crippen LogP contribution in [0.2, 0.25) is 0 Å². The molecule has 1 aliphatic rings. The summed E-state index contributed by atoms with van der Waals surface area (Å²) in [4.78, 5) is 42.6. The van der Waals surface area contributed by atoms with E-state index in [1.165, 1.54) is 41.3 Å². The Labute approximate surface area is 142 Å². The standard InChI is InChI=1S/C16H20N4O3S/c1-2-3-10-4-5-11-12(8-10)24-15(17-11)18-14(22)9-20-7-6-13(21)19-16(20)23/h6-7,10H,2-5,8-9H2,1H3,(H,17,18,22)(H,19,21,23)/t10-/m0/s1. The molecule has 0 unspecified atom stereocenters. The van der Waals surface area contributed by atoms with Crippen LogP contribution in [0.15, 0.2) is 21.9 Å². The van der Waals surface area contributed by atoms with E-state index in [9.17, 15) is 14.4 Å². The number of nitrogens with one attached hydrogen (secondary N) is 2. The Bertz CT molecular complexity index is 851. The van der Waals surface area contributed by atoms with E-state index in [0.717, 1.165) is 29.5 Å². The van der Waals surface area contributed by atoms with Crippen molar-refractivity contribution in [3.63, 3.8) is 0 Å². The van der Waals surface area contributed by atoms with E-state index >= 15 is 0 Å². The summed E-state index contributed by atoms with van der Waals surface area (Å²) in [6, 6.07) is 1.21. The van der Waals surface area contributed by atoms with Crippen molar-refractivity contribution in [1.29, 1.82) is 0 Å². The zero-order valence-electron chi connectivity index (χ0n) is 13.5. The SMILES string of the molecule is CCC[C@H]1CCc2nc(NC(=O)Cn3ccc(=O)[nH]c3=O)sc2C1. The highest BCUT2D eigenvalue weighted by Gasteiger charge is 2.22. The van der Waals surface area contributed by atoms with Gasteiger partial charge < -0.3 is 5.32 Å². The molecule has 0 aromatic carbocycles. The number of carbonyl (C=O) groups excluding carboxylic acids is 1. The highest BCUT2D eigenvalue weighted by Crippen LogP contribution is 2.33. The van der Waals surface area contributed by atoms with Crippen molar-refractivity contribution in [1.82, 2.24) is 14.5 Å². The maximum absolute atomic E-state index is 12.1. The van der Waals surface area contributed by atoms with E-state index < -0.39 is 11.2 Å². The number of carbonyl (C=O) groups is 1. The van der Waals surface area contributed by atoms with Gasteiger partial charge in [-0.2, -0.15) is 0 Å². The number of rotatable bonds is 5. The lowest BCUT2D eigenvalue weighted by molar-refractivity contribution is -0.116. The fraction of sp³-hybridized carbons (Fsp3) is 0.500. The molecule has 1 aliphatic carbocycles.